The number of nitrogens with one attached hydrogen (secondary N) is 1. The summed E-state index contributed by atoms with van der Waals surface area (Å²) >= 11 is 0. The van der Waals surface area contributed by atoms with Crippen molar-refractivity contribution in [3.05, 3.63) is 65.2 Å². The molecule has 2 atom stereocenters. The summed E-state index contributed by atoms with van der Waals surface area (Å²) in [6.07, 6.45) is 0.153. The van der Waals surface area contributed by atoms with Crippen molar-refractivity contribution in [2.24, 2.45) is 5.92 Å². The quantitative estimate of drug-likeness (QED) is 0.850. The van der Waals surface area contributed by atoms with Gasteiger partial charge >= 0.3 is 5.97 Å². The second-order valence-electron chi connectivity index (χ2n) is 6.86. The van der Waals surface area contributed by atoms with Crippen molar-refractivity contribution in [3.8, 4) is 0 Å². The second-order valence-corrected chi connectivity index (χ2v) is 6.86. The summed E-state index contributed by atoms with van der Waals surface area (Å²) in [4.78, 5) is 38.0. The Balaban J connectivity index is 1.69. The Labute approximate surface area is 157 Å². The standard InChI is InChI=1S/C21H22N2O4/c1-13-8-9-17(11-18(13)21(26)27)22-20(25)16-10-19(24)23(12-16)14(2)15-6-4-3-5-7-15/h3-9,11,14,16H,10,12H2,1-2H3,(H,22,25)(H,26,27)/t14-,16+/m0/s1. The van der Waals surface area contributed by atoms with E-state index in [1.807, 2.05) is 37.3 Å². The van der Waals surface area contributed by atoms with Gasteiger partial charge in [-0.05, 0) is 37.1 Å². The predicted molar refractivity (Wildman–Crippen MR) is 101 cm³/mol. The molecule has 6 heteroatoms. The molecule has 2 N–H and O–H groups in total. The van der Waals surface area contributed by atoms with Crippen molar-refractivity contribution in [1.82, 2.24) is 4.90 Å². The SMILES string of the molecule is Cc1ccc(NC(=O)[C@@H]2CC(=O)N([C@@H](C)c3ccccc3)C2)cc1C(=O)O. The molecule has 2 aromatic rings. The number of carbonyl (C=O) groups excluding carboxylic acids is 2. The van der Waals surface area contributed by atoms with E-state index in [-0.39, 0.29) is 29.8 Å². The molecule has 1 aliphatic heterocycles. The van der Waals surface area contributed by atoms with E-state index in [1.165, 1.54) is 6.07 Å². The fraction of sp³-hybridized carbons (Fsp3) is 0.286. The van der Waals surface area contributed by atoms with Crippen LogP contribution in [0.15, 0.2) is 48.5 Å². The van der Waals surface area contributed by atoms with Gasteiger partial charge < -0.3 is 15.3 Å². The maximum absolute atomic E-state index is 12.6. The van der Waals surface area contributed by atoms with E-state index in [9.17, 15) is 19.5 Å². The van der Waals surface area contributed by atoms with Gasteiger partial charge in [0.25, 0.3) is 0 Å². The molecule has 140 valence electrons. The minimum Gasteiger partial charge on any atom is -0.478 e. The Kier molecular flexibility index (Phi) is 5.26. The lowest BCUT2D eigenvalue weighted by atomic mass is 10.1. The molecule has 0 bridgehead atoms. The van der Waals surface area contributed by atoms with Crippen molar-refractivity contribution in [3.63, 3.8) is 0 Å². The summed E-state index contributed by atoms with van der Waals surface area (Å²) in [5, 5.41) is 12.0. The van der Waals surface area contributed by atoms with E-state index in [1.54, 1.807) is 24.0 Å². The topological polar surface area (TPSA) is 86.7 Å². The third-order valence-corrected chi connectivity index (χ3v) is 5.01. The van der Waals surface area contributed by atoms with Crippen molar-refractivity contribution < 1.29 is 19.5 Å². The molecule has 27 heavy (non-hydrogen) atoms. The Morgan fingerprint density at radius 3 is 2.56 bits per heavy atom. The molecule has 1 fully saturated rings. The van der Waals surface area contributed by atoms with E-state index in [0.29, 0.717) is 17.8 Å². The van der Waals surface area contributed by atoms with Crippen LogP contribution in [0.4, 0.5) is 5.69 Å². The monoisotopic (exact) mass is 366 g/mol. The Morgan fingerprint density at radius 2 is 1.89 bits per heavy atom. The normalized spacial score (nSPS) is 17.6. The zero-order valence-electron chi connectivity index (χ0n) is 15.3. The van der Waals surface area contributed by atoms with Gasteiger partial charge in [-0.15, -0.1) is 0 Å². The van der Waals surface area contributed by atoms with Crippen LogP contribution in [0.25, 0.3) is 0 Å². The molecule has 3 rings (SSSR count). The molecular formula is C21H22N2O4. The molecule has 0 unspecified atom stereocenters. The van der Waals surface area contributed by atoms with E-state index in [0.717, 1.165) is 5.56 Å². The number of hydrogen-bond donors (Lipinski definition) is 2. The van der Waals surface area contributed by atoms with Gasteiger partial charge in [0.15, 0.2) is 0 Å². The van der Waals surface area contributed by atoms with Gasteiger partial charge in [0.05, 0.1) is 17.5 Å². The van der Waals surface area contributed by atoms with Gasteiger partial charge in [-0.25, -0.2) is 4.79 Å². The van der Waals surface area contributed by atoms with Crippen LogP contribution in [0.2, 0.25) is 0 Å². The minimum absolute atomic E-state index is 0.0540. The Bertz CT molecular complexity index is 879. The summed E-state index contributed by atoms with van der Waals surface area (Å²) in [7, 11) is 0. The number of carboxylic acid groups (broad SMARTS) is 1. The Hall–Kier alpha value is -3.15. The zero-order valence-corrected chi connectivity index (χ0v) is 15.3. The van der Waals surface area contributed by atoms with Crippen molar-refractivity contribution in [2.75, 3.05) is 11.9 Å². The fourth-order valence-corrected chi connectivity index (χ4v) is 3.37. The largest absolute Gasteiger partial charge is 0.478 e. The number of anilines is 1. The van der Waals surface area contributed by atoms with E-state index in [2.05, 4.69) is 5.32 Å². The molecular weight excluding hydrogens is 344 g/mol. The minimum atomic E-state index is -1.04. The molecule has 1 saturated heterocycles. The third-order valence-electron chi connectivity index (χ3n) is 5.01. The zero-order chi connectivity index (χ0) is 19.6. The molecule has 0 aliphatic carbocycles. The van der Waals surface area contributed by atoms with Crippen molar-refractivity contribution in [1.29, 1.82) is 0 Å². The number of carboxylic acids is 1. The maximum Gasteiger partial charge on any atom is 0.336 e. The van der Waals surface area contributed by atoms with Crippen LogP contribution in [0.5, 0.6) is 0 Å². The van der Waals surface area contributed by atoms with Gasteiger partial charge in [-0.3, -0.25) is 9.59 Å². The van der Waals surface area contributed by atoms with Gasteiger partial charge in [0, 0.05) is 18.7 Å². The molecule has 0 saturated carbocycles. The van der Waals surface area contributed by atoms with Gasteiger partial charge in [0.1, 0.15) is 0 Å². The first-order valence-corrected chi connectivity index (χ1v) is 8.86. The van der Waals surface area contributed by atoms with Crippen LogP contribution in [0, 0.1) is 12.8 Å². The smallest absolute Gasteiger partial charge is 0.336 e. The first kappa shape index (κ1) is 18.6. The van der Waals surface area contributed by atoms with Crippen molar-refractivity contribution >= 4 is 23.5 Å². The highest BCUT2D eigenvalue weighted by Crippen LogP contribution is 2.29. The maximum atomic E-state index is 12.6. The Morgan fingerprint density at radius 1 is 1.19 bits per heavy atom. The summed E-state index contributed by atoms with van der Waals surface area (Å²) in [6.45, 7) is 4.00. The highest BCUT2D eigenvalue weighted by atomic mass is 16.4. The average molecular weight is 366 g/mol. The molecule has 0 radical (unpaired) electrons. The molecule has 2 amide bonds. The summed E-state index contributed by atoms with van der Waals surface area (Å²) < 4.78 is 0. The number of carbonyl (C=O) groups is 3. The number of aryl methyl sites for hydroxylation is 1. The van der Waals surface area contributed by atoms with Crippen LogP contribution < -0.4 is 5.32 Å². The first-order valence-electron chi connectivity index (χ1n) is 8.86. The summed E-state index contributed by atoms with van der Waals surface area (Å²) in [5.74, 6) is -1.83. The second kappa shape index (κ2) is 7.61. The van der Waals surface area contributed by atoms with Crippen LogP contribution in [-0.2, 0) is 9.59 Å². The van der Waals surface area contributed by atoms with Gasteiger partial charge in [-0.1, -0.05) is 36.4 Å². The van der Waals surface area contributed by atoms with Gasteiger partial charge in [0.2, 0.25) is 11.8 Å². The predicted octanol–water partition coefficient (Wildman–Crippen LogP) is 3.24. The van der Waals surface area contributed by atoms with Crippen LogP contribution >= 0.6 is 0 Å². The lowest BCUT2D eigenvalue weighted by molar-refractivity contribution is -0.129. The molecule has 6 nitrogen and oxygen atoms in total. The number of benzene rings is 2. The van der Waals surface area contributed by atoms with Crippen LogP contribution in [0.3, 0.4) is 0 Å². The van der Waals surface area contributed by atoms with E-state index in [4.69, 9.17) is 0 Å². The molecule has 1 heterocycles. The fourth-order valence-electron chi connectivity index (χ4n) is 3.37. The van der Waals surface area contributed by atoms with E-state index < -0.39 is 11.9 Å². The number of aromatic carboxylic acids is 1. The van der Waals surface area contributed by atoms with Gasteiger partial charge in [-0.2, -0.15) is 0 Å². The lowest BCUT2D eigenvalue weighted by Crippen LogP contribution is -2.30. The highest BCUT2D eigenvalue weighted by molar-refractivity contribution is 5.98. The third kappa shape index (κ3) is 4.00. The molecule has 0 spiro atoms. The number of rotatable bonds is 5. The van der Waals surface area contributed by atoms with Crippen molar-refractivity contribution in [2.45, 2.75) is 26.3 Å². The average Bonchev–Trinajstić information content (AvgIpc) is 3.05. The first-order chi connectivity index (χ1) is 12.9. The summed E-state index contributed by atoms with van der Waals surface area (Å²) in [6, 6.07) is 14.4. The summed E-state index contributed by atoms with van der Waals surface area (Å²) in [5.41, 5.74) is 2.22. The van der Waals surface area contributed by atoms with Crippen LogP contribution in [0.1, 0.15) is 40.9 Å². The molecule has 0 aromatic heterocycles. The number of likely N-dealkylation sites (tertiary alicyclic amines) is 1. The molecule has 2 aromatic carbocycles. The van der Waals surface area contributed by atoms with Crippen LogP contribution in [-0.4, -0.2) is 34.3 Å². The number of hydrogen-bond acceptors (Lipinski definition) is 3. The number of amides is 2. The molecule has 1 aliphatic rings. The van der Waals surface area contributed by atoms with E-state index >= 15 is 0 Å². The number of nitrogens with zero attached hydrogens (tertiary/aromatic N) is 1. The highest BCUT2D eigenvalue weighted by Gasteiger charge is 2.37. The lowest BCUT2D eigenvalue weighted by Gasteiger charge is -2.25.